The Bertz CT molecular complexity index is 1000. The summed E-state index contributed by atoms with van der Waals surface area (Å²) < 4.78 is 7.16. The van der Waals surface area contributed by atoms with E-state index in [0.717, 1.165) is 18.1 Å². The Morgan fingerprint density at radius 1 is 1.17 bits per heavy atom. The van der Waals surface area contributed by atoms with Gasteiger partial charge in [-0.05, 0) is 57.4 Å². The molecule has 1 amide bonds. The van der Waals surface area contributed by atoms with Gasteiger partial charge in [-0.15, -0.1) is 0 Å². The number of amides is 1. The molecule has 0 unspecified atom stereocenters. The van der Waals surface area contributed by atoms with Gasteiger partial charge in [0.1, 0.15) is 35.7 Å². The van der Waals surface area contributed by atoms with Gasteiger partial charge < -0.3 is 15.0 Å². The van der Waals surface area contributed by atoms with E-state index in [1.807, 2.05) is 25.1 Å². The highest BCUT2D eigenvalue weighted by molar-refractivity contribution is 6.02. The molecule has 0 radical (unpaired) electrons. The average molecular weight is 406 g/mol. The van der Waals surface area contributed by atoms with Gasteiger partial charge in [-0.2, -0.15) is 0 Å². The van der Waals surface area contributed by atoms with Crippen LogP contribution in [0.2, 0.25) is 0 Å². The van der Waals surface area contributed by atoms with Crippen LogP contribution >= 0.6 is 0 Å². The third-order valence-electron chi connectivity index (χ3n) is 5.24. The van der Waals surface area contributed by atoms with Gasteiger partial charge in [-0.3, -0.25) is 9.36 Å². The molecule has 1 aliphatic rings. The maximum Gasteiger partial charge on any atom is 0.275 e. The number of aromatic nitrogens is 4. The molecule has 1 aromatic carbocycles. The third kappa shape index (κ3) is 4.42. The van der Waals surface area contributed by atoms with E-state index in [1.54, 1.807) is 35.6 Å². The normalized spacial score (nSPS) is 16.3. The molecular formula is C22H26N6O2. The predicted octanol–water partition coefficient (Wildman–Crippen LogP) is 3.69. The number of piperidine rings is 1. The molecule has 8 nitrogen and oxygen atoms in total. The summed E-state index contributed by atoms with van der Waals surface area (Å²) in [6.45, 7) is 5.75. The number of benzene rings is 1. The molecule has 0 bridgehead atoms. The van der Waals surface area contributed by atoms with Crippen molar-refractivity contribution in [2.24, 2.45) is 0 Å². The first-order valence-corrected chi connectivity index (χ1v) is 10.3. The molecule has 1 N–H and O–H groups in total. The van der Waals surface area contributed by atoms with E-state index in [1.165, 1.54) is 19.3 Å². The van der Waals surface area contributed by atoms with Gasteiger partial charge >= 0.3 is 0 Å². The van der Waals surface area contributed by atoms with Crippen LogP contribution in [0.1, 0.15) is 43.6 Å². The van der Waals surface area contributed by atoms with Crippen LogP contribution in [0.4, 0.5) is 11.5 Å². The quantitative estimate of drug-likeness (QED) is 0.672. The second-order valence-corrected chi connectivity index (χ2v) is 7.35. The zero-order valence-corrected chi connectivity index (χ0v) is 17.3. The van der Waals surface area contributed by atoms with Crippen molar-refractivity contribution in [1.29, 1.82) is 0 Å². The van der Waals surface area contributed by atoms with Crippen LogP contribution in [0.5, 0.6) is 5.75 Å². The molecule has 3 aromatic rings. The summed E-state index contributed by atoms with van der Waals surface area (Å²) in [5.74, 6) is 2.07. The molecule has 1 fully saturated rings. The number of hydrogen-bond acceptors (Lipinski definition) is 6. The van der Waals surface area contributed by atoms with Gasteiger partial charge in [-0.1, -0.05) is 0 Å². The summed E-state index contributed by atoms with van der Waals surface area (Å²) in [6.07, 6.45) is 8.43. The van der Waals surface area contributed by atoms with Crippen molar-refractivity contribution in [3.05, 3.63) is 54.9 Å². The summed E-state index contributed by atoms with van der Waals surface area (Å²) in [6, 6.07) is 9.65. The Kier molecular flexibility index (Phi) is 5.92. The Morgan fingerprint density at radius 2 is 1.97 bits per heavy atom. The summed E-state index contributed by atoms with van der Waals surface area (Å²) in [7, 11) is 0. The molecule has 8 heteroatoms. The molecular weight excluding hydrogens is 380 g/mol. The largest absolute Gasteiger partial charge is 0.494 e. The third-order valence-corrected chi connectivity index (χ3v) is 5.24. The van der Waals surface area contributed by atoms with Gasteiger partial charge in [0.15, 0.2) is 0 Å². The van der Waals surface area contributed by atoms with Crippen molar-refractivity contribution in [2.45, 2.75) is 39.2 Å². The van der Waals surface area contributed by atoms with Crippen molar-refractivity contribution >= 4 is 17.4 Å². The van der Waals surface area contributed by atoms with Crippen LogP contribution in [-0.4, -0.2) is 44.6 Å². The van der Waals surface area contributed by atoms with Crippen molar-refractivity contribution in [2.75, 3.05) is 23.4 Å². The van der Waals surface area contributed by atoms with Crippen molar-refractivity contribution in [3.63, 3.8) is 0 Å². The fourth-order valence-electron chi connectivity index (χ4n) is 3.64. The molecule has 0 saturated carbocycles. The van der Waals surface area contributed by atoms with Gasteiger partial charge in [0.2, 0.25) is 0 Å². The van der Waals surface area contributed by atoms with Crippen LogP contribution in [0.25, 0.3) is 5.82 Å². The monoisotopic (exact) mass is 406 g/mol. The van der Waals surface area contributed by atoms with E-state index < -0.39 is 0 Å². The molecule has 2 aromatic heterocycles. The van der Waals surface area contributed by atoms with Crippen LogP contribution in [0, 0.1) is 0 Å². The lowest BCUT2D eigenvalue weighted by Crippen LogP contribution is -2.38. The summed E-state index contributed by atoms with van der Waals surface area (Å²) in [5, 5.41) is 2.85. The van der Waals surface area contributed by atoms with Gasteiger partial charge in [0.05, 0.1) is 6.61 Å². The first-order valence-electron chi connectivity index (χ1n) is 10.3. The van der Waals surface area contributed by atoms with Crippen LogP contribution in [0.3, 0.4) is 0 Å². The number of hydrogen-bond donors (Lipinski definition) is 1. The van der Waals surface area contributed by atoms with Crippen LogP contribution in [-0.2, 0) is 0 Å². The Labute approximate surface area is 175 Å². The first-order chi connectivity index (χ1) is 14.6. The minimum Gasteiger partial charge on any atom is -0.494 e. The molecule has 0 aliphatic carbocycles. The number of imidazole rings is 1. The molecule has 4 rings (SSSR count). The summed E-state index contributed by atoms with van der Waals surface area (Å²) in [4.78, 5) is 27.9. The number of nitrogens with one attached hydrogen (secondary N) is 1. The minimum atomic E-state index is -0.281. The van der Waals surface area contributed by atoms with E-state index >= 15 is 0 Å². The number of carbonyl (C=O) groups excluding carboxylic acids is 1. The first kappa shape index (κ1) is 19.9. The predicted molar refractivity (Wildman–Crippen MR) is 115 cm³/mol. The Morgan fingerprint density at radius 3 is 2.73 bits per heavy atom. The van der Waals surface area contributed by atoms with Gasteiger partial charge in [0, 0.05) is 30.5 Å². The van der Waals surface area contributed by atoms with Crippen molar-refractivity contribution in [3.8, 4) is 11.6 Å². The molecule has 1 saturated heterocycles. The van der Waals surface area contributed by atoms with E-state index in [4.69, 9.17) is 4.74 Å². The fraction of sp³-hybridized carbons (Fsp3) is 0.364. The molecule has 1 aliphatic heterocycles. The second-order valence-electron chi connectivity index (χ2n) is 7.35. The number of ether oxygens (including phenoxy) is 1. The zero-order valence-electron chi connectivity index (χ0n) is 17.3. The Balaban J connectivity index is 1.47. The van der Waals surface area contributed by atoms with Crippen LogP contribution < -0.4 is 15.0 Å². The molecule has 0 spiro atoms. The number of anilines is 2. The number of carbonyl (C=O) groups is 1. The van der Waals surface area contributed by atoms with E-state index in [2.05, 4.69) is 32.1 Å². The van der Waals surface area contributed by atoms with Crippen LogP contribution in [0.15, 0.2) is 49.2 Å². The fourth-order valence-corrected chi connectivity index (χ4v) is 3.64. The maximum absolute atomic E-state index is 12.6. The molecule has 156 valence electrons. The summed E-state index contributed by atoms with van der Waals surface area (Å²) in [5.41, 5.74) is 0.997. The van der Waals surface area contributed by atoms with Crippen molar-refractivity contribution < 1.29 is 9.53 Å². The lowest BCUT2D eigenvalue weighted by atomic mass is 10.0. The van der Waals surface area contributed by atoms with Crippen molar-refractivity contribution in [1.82, 2.24) is 19.5 Å². The van der Waals surface area contributed by atoms with E-state index in [9.17, 15) is 4.79 Å². The smallest absolute Gasteiger partial charge is 0.275 e. The van der Waals surface area contributed by atoms with E-state index in [-0.39, 0.29) is 5.91 Å². The SMILES string of the molecule is CCOc1ccc(NC(=O)c2cn(-c3cc(N4CCCC[C@@H]4C)ncn3)cn2)cc1. The van der Waals surface area contributed by atoms with Gasteiger partial charge in [0.25, 0.3) is 5.91 Å². The standard InChI is InChI=1S/C22H26N6O2/c1-3-30-18-9-7-17(8-10-18)26-22(29)19-13-27(15-25-19)20-12-21(24-14-23-20)28-11-5-4-6-16(28)2/h7-10,12-16H,3-6,11H2,1-2H3,(H,26,29)/t16-/m0/s1. The number of rotatable bonds is 6. The highest BCUT2D eigenvalue weighted by Gasteiger charge is 2.20. The average Bonchev–Trinajstić information content (AvgIpc) is 3.26. The number of nitrogens with zero attached hydrogens (tertiary/aromatic N) is 5. The topological polar surface area (TPSA) is 85.2 Å². The highest BCUT2D eigenvalue weighted by atomic mass is 16.5. The lowest BCUT2D eigenvalue weighted by Gasteiger charge is -2.34. The molecule has 1 atom stereocenters. The zero-order chi connectivity index (χ0) is 20.9. The van der Waals surface area contributed by atoms with E-state index in [0.29, 0.717) is 29.8 Å². The maximum atomic E-state index is 12.6. The minimum absolute atomic E-state index is 0.281. The van der Waals surface area contributed by atoms with Gasteiger partial charge in [-0.25, -0.2) is 15.0 Å². The lowest BCUT2D eigenvalue weighted by molar-refractivity contribution is 0.102. The summed E-state index contributed by atoms with van der Waals surface area (Å²) >= 11 is 0. The molecule has 30 heavy (non-hydrogen) atoms. The Hall–Kier alpha value is -3.42. The second kappa shape index (κ2) is 8.94. The molecule has 3 heterocycles. The highest BCUT2D eigenvalue weighted by Crippen LogP contribution is 2.24.